The zero-order valence-corrected chi connectivity index (χ0v) is 16.6. The first-order chi connectivity index (χ1) is 11.8. The van der Waals surface area contributed by atoms with Crippen molar-refractivity contribution in [2.45, 2.75) is 63.7 Å². The Morgan fingerprint density at radius 1 is 0.920 bits per heavy atom. The first kappa shape index (κ1) is 17.5. The van der Waals surface area contributed by atoms with Crippen LogP contribution in [0, 0.1) is 0 Å². The van der Waals surface area contributed by atoms with Gasteiger partial charge in [-0.3, -0.25) is 0 Å². The first-order valence-corrected chi connectivity index (χ1v) is 10.3. The number of ether oxygens (including phenoxy) is 5. The van der Waals surface area contributed by atoms with Crippen LogP contribution in [0.25, 0.3) is 0 Å². The Labute approximate surface area is 154 Å². The van der Waals surface area contributed by atoms with Gasteiger partial charge in [0.05, 0.1) is 0 Å². The zero-order valence-electron chi connectivity index (χ0n) is 14.9. The van der Waals surface area contributed by atoms with Crippen LogP contribution in [-0.2, 0) is 23.7 Å². The summed E-state index contributed by atoms with van der Waals surface area (Å²) in [5, 5.41) is 0. The summed E-state index contributed by atoms with van der Waals surface area (Å²) in [6.07, 6.45) is 1.16. The Morgan fingerprint density at radius 3 is 2.36 bits per heavy atom. The van der Waals surface area contributed by atoms with Crippen molar-refractivity contribution in [3.8, 4) is 0 Å². The molecule has 136 valence electrons. The van der Waals surface area contributed by atoms with Crippen LogP contribution < -0.4 is 4.46 Å². The molecule has 2 fully saturated rings. The number of hydrogen-bond acceptors (Lipinski definition) is 5. The Bertz CT molecular complexity index is 657. The molecular formula is C19H24O5Se. The maximum atomic E-state index is 6.23. The molecule has 3 aliphatic heterocycles. The molecule has 4 rings (SSSR count). The monoisotopic (exact) mass is 412 g/mol. The third-order valence-corrected chi connectivity index (χ3v) is 6.70. The summed E-state index contributed by atoms with van der Waals surface area (Å²) in [6, 6.07) is 10.4. The third-order valence-electron chi connectivity index (χ3n) is 4.45. The fraction of sp³-hybridized carbons (Fsp3) is 0.579. The topological polar surface area (TPSA) is 46.2 Å². The quantitative estimate of drug-likeness (QED) is 0.712. The molecule has 0 aliphatic carbocycles. The molecular weight excluding hydrogens is 387 g/mol. The van der Waals surface area contributed by atoms with Gasteiger partial charge in [0, 0.05) is 0 Å². The van der Waals surface area contributed by atoms with Crippen LogP contribution in [0.5, 0.6) is 0 Å². The SMILES string of the molecule is CC1(C)OCC(C2OC=C([Se]c3ccccc3)[C@@H]3OC(C)(C)O[C@H]23)O1. The normalized spacial score (nSPS) is 35.8. The van der Waals surface area contributed by atoms with E-state index in [2.05, 4.69) is 24.3 Å². The third kappa shape index (κ3) is 3.65. The molecule has 0 saturated carbocycles. The second kappa shape index (κ2) is 6.38. The van der Waals surface area contributed by atoms with E-state index in [-0.39, 0.29) is 39.4 Å². The van der Waals surface area contributed by atoms with Crippen LogP contribution in [0.15, 0.2) is 41.1 Å². The van der Waals surface area contributed by atoms with Crippen LogP contribution in [0.1, 0.15) is 27.7 Å². The van der Waals surface area contributed by atoms with Gasteiger partial charge in [-0.15, -0.1) is 0 Å². The van der Waals surface area contributed by atoms with E-state index in [0.29, 0.717) is 6.61 Å². The molecule has 6 heteroatoms. The van der Waals surface area contributed by atoms with Gasteiger partial charge in [-0.05, 0) is 0 Å². The Hall–Kier alpha value is -0.881. The molecule has 0 aromatic heterocycles. The molecule has 5 nitrogen and oxygen atoms in total. The molecule has 3 heterocycles. The van der Waals surface area contributed by atoms with Gasteiger partial charge in [0.2, 0.25) is 0 Å². The Balaban J connectivity index is 1.57. The molecule has 0 N–H and O–H groups in total. The maximum absolute atomic E-state index is 6.23. The van der Waals surface area contributed by atoms with E-state index in [0.717, 1.165) is 4.47 Å². The molecule has 0 bridgehead atoms. The fourth-order valence-electron chi connectivity index (χ4n) is 3.42. The molecule has 25 heavy (non-hydrogen) atoms. The van der Waals surface area contributed by atoms with Gasteiger partial charge in [-0.1, -0.05) is 0 Å². The van der Waals surface area contributed by atoms with Crippen molar-refractivity contribution in [2.24, 2.45) is 0 Å². The fourth-order valence-corrected chi connectivity index (χ4v) is 5.45. The van der Waals surface area contributed by atoms with Gasteiger partial charge in [-0.2, -0.15) is 0 Å². The van der Waals surface area contributed by atoms with E-state index in [4.69, 9.17) is 23.7 Å². The van der Waals surface area contributed by atoms with E-state index >= 15 is 0 Å². The van der Waals surface area contributed by atoms with Gasteiger partial charge in [0.1, 0.15) is 0 Å². The van der Waals surface area contributed by atoms with Crippen LogP contribution in [-0.4, -0.2) is 57.6 Å². The number of benzene rings is 1. The average molecular weight is 411 g/mol. The van der Waals surface area contributed by atoms with Crippen LogP contribution in [0.4, 0.5) is 0 Å². The predicted molar refractivity (Wildman–Crippen MR) is 93.5 cm³/mol. The molecule has 3 aliphatic rings. The summed E-state index contributed by atoms with van der Waals surface area (Å²) >= 11 is 0.130. The minimum absolute atomic E-state index is 0.110. The Kier molecular flexibility index (Phi) is 4.47. The molecule has 2 unspecified atom stereocenters. The van der Waals surface area contributed by atoms with Crippen LogP contribution in [0.2, 0.25) is 0 Å². The van der Waals surface area contributed by atoms with Crippen molar-refractivity contribution in [1.82, 2.24) is 0 Å². The summed E-state index contributed by atoms with van der Waals surface area (Å²) < 4.78 is 32.7. The summed E-state index contributed by atoms with van der Waals surface area (Å²) in [7, 11) is 0. The minimum atomic E-state index is -0.637. The summed E-state index contributed by atoms with van der Waals surface area (Å²) in [5.41, 5.74) is 0. The van der Waals surface area contributed by atoms with Crippen molar-refractivity contribution in [3.05, 3.63) is 41.1 Å². The molecule has 1 aromatic rings. The predicted octanol–water partition coefficient (Wildman–Crippen LogP) is 1.93. The molecule has 1 aromatic carbocycles. The van der Waals surface area contributed by atoms with Gasteiger partial charge in [-0.25, -0.2) is 0 Å². The first-order valence-electron chi connectivity index (χ1n) is 8.59. The number of hydrogen-bond donors (Lipinski definition) is 0. The second-order valence-corrected chi connectivity index (χ2v) is 9.83. The number of fused-ring (bicyclic) bond motifs is 1. The van der Waals surface area contributed by atoms with Crippen LogP contribution >= 0.6 is 0 Å². The molecule has 2 saturated heterocycles. The van der Waals surface area contributed by atoms with Gasteiger partial charge in [0.25, 0.3) is 0 Å². The van der Waals surface area contributed by atoms with E-state index in [1.807, 2.05) is 40.0 Å². The van der Waals surface area contributed by atoms with Crippen molar-refractivity contribution in [3.63, 3.8) is 0 Å². The Morgan fingerprint density at radius 2 is 1.68 bits per heavy atom. The molecule has 0 spiro atoms. The second-order valence-electron chi connectivity index (χ2n) is 7.42. The standard InChI is InChI=1S/C19H24O5Se/c1-18(2)21-10-13(22-18)15-17-16(23-19(3,4)24-17)14(11-20-15)25-12-8-6-5-7-9-12/h5-9,11,13,15-17H,10H2,1-4H3/t13?,15?,16-,17+/m0/s1. The van der Waals surface area contributed by atoms with Crippen molar-refractivity contribution in [2.75, 3.05) is 6.61 Å². The van der Waals surface area contributed by atoms with Crippen molar-refractivity contribution in [1.29, 1.82) is 0 Å². The van der Waals surface area contributed by atoms with Gasteiger partial charge in [0.15, 0.2) is 0 Å². The molecule has 0 radical (unpaired) electrons. The van der Waals surface area contributed by atoms with E-state index in [9.17, 15) is 0 Å². The number of rotatable bonds is 3. The molecule has 0 amide bonds. The average Bonchev–Trinajstić information content (AvgIpc) is 3.07. The van der Waals surface area contributed by atoms with Gasteiger partial charge < -0.3 is 0 Å². The molecule has 4 atom stereocenters. The summed E-state index contributed by atoms with van der Waals surface area (Å²) in [6.45, 7) is 8.24. The van der Waals surface area contributed by atoms with E-state index in [1.165, 1.54) is 4.46 Å². The van der Waals surface area contributed by atoms with E-state index in [1.54, 1.807) is 0 Å². The summed E-state index contributed by atoms with van der Waals surface area (Å²) in [4.78, 5) is 0. The van der Waals surface area contributed by atoms with Crippen LogP contribution in [0.3, 0.4) is 0 Å². The van der Waals surface area contributed by atoms with E-state index < -0.39 is 11.6 Å². The van der Waals surface area contributed by atoms with Crippen molar-refractivity contribution < 1.29 is 23.7 Å². The van der Waals surface area contributed by atoms with Gasteiger partial charge >= 0.3 is 154 Å². The van der Waals surface area contributed by atoms with Crippen molar-refractivity contribution >= 4 is 19.4 Å². The summed E-state index contributed by atoms with van der Waals surface area (Å²) in [5.74, 6) is -1.22. The zero-order chi connectivity index (χ0) is 17.7.